The van der Waals surface area contributed by atoms with Crippen LogP contribution in [0.25, 0.3) is 0 Å². The molecule has 0 aliphatic rings. The fourth-order valence-electron chi connectivity index (χ4n) is 1.95. The van der Waals surface area contributed by atoms with Crippen molar-refractivity contribution < 1.29 is 14.3 Å². The van der Waals surface area contributed by atoms with Gasteiger partial charge in [0, 0.05) is 0 Å². The molecule has 0 radical (unpaired) electrons. The number of aldehydes is 1. The van der Waals surface area contributed by atoms with Crippen molar-refractivity contribution >= 4 is 12.3 Å². The first-order chi connectivity index (χ1) is 9.72. The second-order valence-electron chi connectivity index (χ2n) is 4.60. The van der Waals surface area contributed by atoms with E-state index in [0.29, 0.717) is 5.56 Å². The van der Waals surface area contributed by atoms with E-state index in [1.54, 1.807) is 31.2 Å². The van der Waals surface area contributed by atoms with Gasteiger partial charge in [0.05, 0.1) is 11.5 Å². The van der Waals surface area contributed by atoms with Crippen LogP contribution in [0.4, 0.5) is 0 Å². The van der Waals surface area contributed by atoms with Gasteiger partial charge in [-0.05, 0) is 17.7 Å². The number of carbonyl (C=O) groups excluding carboxylic acids is 2. The van der Waals surface area contributed by atoms with Crippen LogP contribution in [0, 0.1) is 5.92 Å². The molecule has 0 fully saturated rings. The van der Waals surface area contributed by atoms with Crippen molar-refractivity contribution in [3.63, 3.8) is 0 Å². The summed E-state index contributed by atoms with van der Waals surface area (Å²) in [6.07, 6.45) is 0.233. The summed E-state index contributed by atoms with van der Waals surface area (Å²) >= 11 is 0. The maximum absolute atomic E-state index is 12.1. The molecule has 2 atom stereocenters. The molecule has 2 aromatic rings. The van der Waals surface area contributed by atoms with Crippen LogP contribution >= 0.6 is 0 Å². The Morgan fingerprint density at radius 1 is 1.00 bits per heavy atom. The molecule has 102 valence electrons. The van der Waals surface area contributed by atoms with Crippen molar-refractivity contribution in [1.29, 1.82) is 0 Å². The van der Waals surface area contributed by atoms with Crippen LogP contribution in [0.3, 0.4) is 0 Å². The Morgan fingerprint density at radius 2 is 1.55 bits per heavy atom. The van der Waals surface area contributed by atoms with Gasteiger partial charge >= 0.3 is 5.97 Å². The first kappa shape index (κ1) is 14.0. The molecule has 0 aliphatic carbocycles. The summed E-state index contributed by atoms with van der Waals surface area (Å²) in [6.45, 7) is 1.74. The fourth-order valence-corrected chi connectivity index (χ4v) is 1.95. The van der Waals surface area contributed by atoms with Gasteiger partial charge in [-0.15, -0.1) is 0 Å². The second kappa shape index (κ2) is 6.66. The van der Waals surface area contributed by atoms with E-state index in [-0.39, 0.29) is 0 Å². The molecule has 3 heteroatoms. The van der Waals surface area contributed by atoms with E-state index in [1.807, 2.05) is 36.4 Å². The normalized spacial score (nSPS) is 13.2. The number of esters is 1. The largest absolute Gasteiger partial charge is 0.453 e. The Kier molecular flexibility index (Phi) is 4.66. The molecule has 3 nitrogen and oxygen atoms in total. The van der Waals surface area contributed by atoms with Crippen LogP contribution < -0.4 is 0 Å². The molecule has 0 amide bonds. The topological polar surface area (TPSA) is 43.4 Å². The summed E-state index contributed by atoms with van der Waals surface area (Å²) in [7, 11) is 0. The molecular weight excluding hydrogens is 252 g/mol. The van der Waals surface area contributed by atoms with Crippen molar-refractivity contribution in [3.8, 4) is 0 Å². The average molecular weight is 268 g/mol. The monoisotopic (exact) mass is 268 g/mol. The zero-order valence-corrected chi connectivity index (χ0v) is 11.2. The third kappa shape index (κ3) is 3.32. The lowest BCUT2D eigenvalue weighted by atomic mass is 9.98. The molecule has 2 rings (SSSR count). The van der Waals surface area contributed by atoms with Crippen LogP contribution in [0.15, 0.2) is 60.7 Å². The Morgan fingerprint density at radius 3 is 2.10 bits per heavy atom. The van der Waals surface area contributed by atoms with Gasteiger partial charge in [0.1, 0.15) is 12.4 Å². The van der Waals surface area contributed by atoms with E-state index in [4.69, 9.17) is 4.74 Å². The zero-order chi connectivity index (χ0) is 14.4. The first-order valence-electron chi connectivity index (χ1n) is 6.48. The number of benzene rings is 2. The Bertz CT molecular complexity index is 563. The highest BCUT2D eigenvalue weighted by atomic mass is 16.5. The number of hydrogen-bond donors (Lipinski definition) is 0. The summed E-state index contributed by atoms with van der Waals surface area (Å²) in [4.78, 5) is 23.2. The number of ether oxygens (including phenoxy) is 1. The van der Waals surface area contributed by atoms with E-state index in [9.17, 15) is 9.59 Å². The lowest BCUT2D eigenvalue weighted by Crippen LogP contribution is -2.19. The Labute approximate surface area is 118 Å². The smallest absolute Gasteiger partial charge is 0.338 e. The molecule has 20 heavy (non-hydrogen) atoms. The zero-order valence-electron chi connectivity index (χ0n) is 11.2. The lowest BCUT2D eigenvalue weighted by Gasteiger charge is -2.21. The van der Waals surface area contributed by atoms with Gasteiger partial charge in [-0.2, -0.15) is 0 Å². The molecule has 0 spiro atoms. The van der Waals surface area contributed by atoms with Crippen LogP contribution in [-0.4, -0.2) is 12.3 Å². The molecule has 0 aliphatic heterocycles. The van der Waals surface area contributed by atoms with E-state index in [2.05, 4.69) is 0 Å². The fraction of sp³-hybridized carbons (Fsp3) is 0.176. The predicted octanol–water partition coefficient (Wildman–Crippen LogP) is 3.42. The predicted molar refractivity (Wildman–Crippen MR) is 76.3 cm³/mol. The summed E-state index contributed by atoms with van der Waals surface area (Å²) in [6, 6.07) is 18.1. The summed E-state index contributed by atoms with van der Waals surface area (Å²) in [5.74, 6) is -0.821. The highest BCUT2D eigenvalue weighted by molar-refractivity contribution is 5.89. The van der Waals surface area contributed by atoms with Gasteiger partial charge < -0.3 is 9.53 Å². The van der Waals surface area contributed by atoms with Crippen LogP contribution in [0.5, 0.6) is 0 Å². The van der Waals surface area contributed by atoms with Gasteiger partial charge in [0.25, 0.3) is 0 Å². The standard InChI is InChI=1S/C17H16O3/c1-13(12-18)16(14-8-4-2-5-9-14)20-17(19)15-10-6-3-7-11-15/h2-13,16H,1H3. The van der Waals surface area contributed by atoms with Crippen LogP contribution in [0.1, 0.15) is 28.9 Å². The first-order valence-corrected chi connectivity index (χ1v) is 6.48. The third-order valence-electron chi connectivity index (χ3n) is 3.06. The summed E-state index contributed by atoms with van der Waals surface area (Å²) < 4.78 is 5.51. The summed E-state index contributed by atoms with van der Waals surface area (Å²) in [5.41, 5.74) is 1.29. The number of hydrogen-bond acceptors (Lipinski definition) is 3. The molecule has 0 N–H and O–H groups in total. The van der Waals surface area contributed by atoms with E-state index < -0.39 is 18.0 Å². The van der Waals surface area contributed by atoms with Crippen molar-refractivity contribution in [1.82, 2.24) is 0 Å². The van der Waals surface area contributed by atoms with E-state index >= 15 is 0 Å². The van der Waals surface area contributed by atoms with Gasteiger partial charge in [0.2, 0.25) is 0 Å². The van der Waals surface area contributed by atoms with Crippen molar-refractivity contribution in [2.24, 2.45) is 5.92 Å². The maximum atomic E-state index is 12.1. The second-order valence-corrected chi connectivity index (χ2v) is 4.60. The van der Waals surface area contributed by atoms with Crippen molar-refractivity contribution in [2.45, 2.75) is 13.0 Å². The summed E-state index contributed by atoms with van der Waals surface area (Å²) in [5, 5.41) is 0. The molecule has 0 bridgehead atoms. The minimum Gasteiger partial charge on any atom is -0.453 e. The van der Waals surface area contributed by atoms with Crippen LogP contribution in [-0.2, 0) is 9.53 Å². The van der Waals surface area contributed by atoms with Crippen molar-refractivity contribution in [3.05, 3.63) is 71.8 Å². The molecule has 2 unspecified atom stereocenters. The minimum atomic E-state index is -0.568. The molecule has 0 aromatic heterocycles. The minimum absolute atomic E-state index is 0.398. The Hall–Kier alpha value is -2.42. The van der Waals surface area contributed by atoms with E-state index in [0.717, 1.165) is 11.8 Å². The highest BCUT2D eigenvalue weighted by Crippen LogP contribution is 2.26. The van der Waals surface area contributed by atoms with Crippen LogP contribution in [0.2, 0.25) is 0 Å². The van der Waals surface area contributed by atoms with Gasteiger partial charge in [-0.1, -0.05) is 55.5 Å². The van der Waals surface area contributed by atoms with Gasteiger partial charge in [0.15, 0.2) is 0 Å². The molecular formula is C17H16O3. The SMILES string of the molecule is CC(C=O)C(OC(=O)c1ccccc1)c1ccccc1. The average Bonchev–Trinajstić information content (AvgIpc) is 2.53. The number of carbonyl (C=O) groups is 2. The van der Waals surface area contributed by atoms with E-state index in [1.165, 1.54) is 0 Å². The van der Waals surface area contributed by atoms with Gasteiger partial charge in [-0.25, -0.2) is 4.79 Å². The molecule has 2 aromatic carbocycles. The molecule has 0 saturated heterocycles. The lowest BCUT2D eigenvalue weighted by molar-refractivity contribution is -0.113. The quantitative estimate of drug-likeness (QED) is 0.616. The Balaban J connectivity index is 2.21. The van der Waals surface area contributed by atoms with Gasteiger partial charge in [-0.3, -0.25) is 0 Å². The third-order valence-corrected chi connectivity index (χ3v) is 3.06. The van der Waals surface area contributed by atoms with Crippen molar-refractivity contribution in [2.75, 3.05) is 0 Å². The molecule has 0 heterocycles. The highest BCUT2D eigenvalue weighted by Gasteiger charge is 2.23. The maximum Gasteiger partial charge on any atom is 0.338 e. The number of rotatable bonds is 5. The molecule has 0 saturated carbocycles.